The lowest BCUT2D eigenvalue weighted by Crippen LogP contribution is -2.36. The number of carbonyl (C=O) groups is 1. The Kier molecular flexibility index (Phi) is 5.62. The van der Waals surface area contributed by atoms with Crippen molar-refractivity contribution >= 4 is 17.7 Å². The van der Waals surface area contributed by atoms with Gasteiger partial charge in [0.1, 0.15) is 0 Å². The van der Waals surface area contributed by atoms with Crippen LogP contribution in [-0.4, -0.2) is 37.9 Å². The summed E-state index contributed by atoms with van der Waals surface area (Å²) in [5, 5.41) is 14.9. The monoisotopic (exact) mass is 283 g/mol. The van der Waals surface area contributed by atoms with E-state index >= 15 is 0 Å². The maximum atomic E-state index is 11.9. The second-order valence-corrected chi connectivity index (χ2v) is 5.93. The first-order valence-electron chi connectivity index (χ1n) is 6.90. The van der Waals surface area contributed by atoms with Gasteiger partial charge in [-0.15, -0.1) is 5.10 Å². The molecular weight excluding hydrogens is 262 g/mol. The highest BCUT2D eigenvalue weighted by Gasteiger charge is 2.14. The van der Waals surface area contributed by atoms with E-state index in [1.807, 2.05) is 0 Å². The number of nitrogens with one attached hydrogen (secondary N) is 1. The van der Waals surface area contributed by atoms with E-state index in [1.165, 1.54) is 43.9 Å². The lowest BCUT2D eigenvalue weighted by atomic mass is 9.97. The average molecular weight is 283 g/mol. The van der Waals surface area contributed by atoms with Gasteiger partial charge in [0.15, 0.2) is 0 Å². The molecule has 1 N–H and O–H groups in total. The van der Waals surface area contributed by atoms with Crippen LogP contribution in [0, 0.1) is 0 Å². The summed E-state index contributed by atoms with van der Waals surface area (Å²) in [5.74, 6) is 0.462. The van der Waals surface area contributed by atoms with E-state index in [-0.39, 0.29) is 5.91 Å². The van der Waals surface area contributed by atoms with Crippen molar-refractivity contribution in [1.29, 1.82) is 0 Å². The number of tetrazole rings is 1. The first-order valence-corrected chi connectivity index (χ1v) is 7.89. The number of aryl methyl sites for hydroxylation is 1. The minimum atomic E-state index is 0.0820. The highest BCUT2D eigenvalue weighted by atomic mass is 32.2. The van der Waals surface area contributed by atoms with Gasteiger partial charge in [0, 0.05) is 13.1 Å². The van der Waals surface area contributed by atoms with Gasteiger partial charge in [0.25, 0.3) is 0 Å². The molecule has 7 heteroatoms. The van der Waals surface area contributed by atoms with Crippen LogP contribution in [0.2, 0.25) is 0 Å². The summed E-state index contributed by atoms with van der Waals surface area (Å²) < 4.78 is 1.58. The Morgan fingerprint density at radius 2 is 2.00 bits per heavy atom. The highest BCUT2D eigenvalue weighted by molar-refractivity contribution is 7.99. The van der Waals surface area contributed by atoms with Crippen molar-refractivity contribution in [2.24, 2.45) is 7.05 Å². The van der Waals surface area contributed by atoms with E-state index in [1.54, 1.807) is 11.7 Å². The number of amides is 1. The SMILES string of the molecule is Cn1nnnc1SCC(=O)NC1CCCCCCC1. The molecule has 1 aromatic heterocycles. The van der Waals surface area contributed by atoms with Crippen LogP contribution in [0.25, 0.3) is 0 Å². The maximum absolute atomic E-state index is 11.9. The lowest BCUT2D eigenvalue weighted by molar-refractivity contribution is -0.119. The van der Waals surface area contributed by atoms with Crippen LogP contribution in [-0.2, 0) is 11.8 Å². The molecule has 0 saturated heterocycles. The summed E-state index contributed by atoms with van der Waals surface area (Å²) in [6.45, 7) is 0. The Bertz CT molecular complexity index is 401. The smallest absolute Gasteiger partial charge is 0.230 e. The molecular formula is C12H21N5OS. The molecule has 0 aliphatic heterocycles. The quantitative estimate of drug-likeness (QED) is 0.848. The number of aromatic nitrogens is 4. The Morgan fingerprint density at radius 3 is 2.63 bits per heavy atom. The molecule has 0 radical (unpaired) electrons. The van der Waals surface area contributed by atoms with Gasteiger partial charge in [0.05, 0.1) is 5.75 Å². The Balaban J connectivity index is 1.72. The summed E-state index contributed by atoms with van der Waals surface area (Å²) in [6, 6.07) is 0.353. The number of nitrogens with zero attached hydrogens (tertiary/aromatic N) is 4. The second-order valence-electron chi connectivity index (χ2n) is 4.98. The molecule has 106 valence electrons. The zero-order chi connectivity index (χ0) is 13.5. The third-order valence-corrected chi connectivity index (χ3v) is 4.39. The number of rotatable bonds is 4. The van der Waals surface area contributed by atoms with Crippen LogP contribution in [0.4, 0.5) is 0 Å². The van der Waals surface area contributed by atoms with Crippen LogP contribution < -0.4 is 5.32 Å². The lowest BCUT2D eigenvalue weighted by Gasteiger charge is -2.20. The van der Waals surface area contributed by atoms with Crippen molar-refractivity contribution in [1.82, 2.24) is 25.5 Å². The minimum absolute atomic E-state index is 0.0820. The van der Waals surface area contributed by atoms with Gasteiger partial charge in [0.2, 0.25) is 11.1 Å². The molecule has 2 rings (SSSR count). The van der Waals surface area contributed by atoms with Crippen molar-refractivity contribution < 1.29 is 4.79 Å². The molecule has 1 fully saturated rings. The Labute approximate surface area is 117 Å². The molecule has 1 saturated carbocycles. The zero-order valence-corrected chi connectivity index (χ0v) is 12.2. The van der Waals surface area contributed by atoms with E-state index in [0.717, 1.165) is 12.8 Å². The molecule has 0 aromatic carbocycles. The van der Waals surface area contributed by atoms with Crippen molar-refractivity contribution in [2.75, 3.05) is 5.75 Å². The van der Waals surface area contributed by atoms with Gasteiger partial charge in [-0.25, -0.2) is 4.68 Å². The Hall–Kier alpha value is -1.11. The molecule has 0 atom stereocenters. The van der Waals surface area contributed by atoms with Crippen LogP contribution in [0.1, 0.15) is 44.9 Å². The van der Waals surface area contributed by atoms with Crippen molar-refractivity contribution in [3.63, 3.8) is 0 Å². The third kappa shape index (κ3) is 4.81. The summed E-state index contributed by atoms with van der Waals surface area (Å²) >= 11 is 1.37. The normalized spacial score (nSPS) is 17.7. The molecule has 1 amide bonds. The predicted octanol–water partition coefficient (Wildman–Crippen LogP) is 1.53. The maximum Gasteiger partial charge on any atom is 0.230 e. The van der Waals surface area contributed by atoms with Gasteiger partial charge >= 0.3 is 0 Å². The first kappa shape index (κ1) is 14.3. The topological polar surface area (TPSA) is 72.7 Å². The Morgan fingerprint density at radius 1 is 1.32 bits per heavy atom. The summed E-state index contributed by atoms with van der Waals surface area (Å²) in [6.07, 6.45) is 8.62. The first-order chi connectivity index (χ1) is 9.25. The molecule has 1 aromatic rings. The number of hydrogen-bond donors (Lipinski definition) is 1. The van der Waals surface area contributed by atoms with E-state index in [9.17, 15) is 4.79 Å². The van der Waals surface area contributed by atoms with Gasteiger partial charge in [-0.3, -0.25) is 4.79 Å². The highest BCUT2D eigenvalue weighted by Crippen LogP contribution is 2.17. The molecule has 0 bridgehead atoms. The van der Waals surface area contributed by atoms with Gasteiger partial charge in [-0.05, 0) is 23.3 Å². The van der Waals surface area contributed by atoms with Crippen molar-refractivity contribution in [2.45, 2.75) is 56.1 Å². The molecule has 0 unspecified atom stereocenters. The number of thioether (sulfide) groups is 1. The third-order valence-electron chi connectivity index (χ3n) is 3.38. The molecule has 6 nitrogen and oxygen atoms in total. The second kappa shape index (κ2) is 7.47. The predicted molar refractivity (Wildman–Crippen MR) is 73.8 cm³/mol. The van der Waals surface area contributed by atoms with Crippen LogP contribution >= 0.6 is 11.8 Å². The van der Waals surface area contributed by atoms with E-state index < -0.39 is 0 Å². The van der Waals surface area contributed by atoms with E-state index in [4.69, 9.17) is 0 Å². The molecule has 1 aliphatic rings. The fraction of sp³-hybridized carbons (Fsp3) is 0.833. The fourth-order valence-corrected chi connectivity index (χ4v) is 3.00. The summed E-state index contributed by atoms with van der Waals surface area (Å²) in [7, 11) is 1.77. The summed E-state index contributed by atoms with van der Waals surface area (Å²) in [4.78, 5) is 11.9. The van der Waals surface area contributed by atoms with Crippen LogP contribution in [0.3, 0.4) is 0 Å². The molecule has 19 heavy (non-hydrogen) atoms. The average Bonchev–Trinajstić information content (AvgIpc) is 2.76. The van der Waals surface area contributed by atoms with Crippen molar-refractivity contribution in [3.05, 3.63) is 0 Å². The van der Waals surface area contributed by atoms with E-state index in [0.29, 0.717) is 17.0 Å². The summed E-state index contributed by atoms with van der Waals surface area (Å²) in [5.41, 5.74) is 0. The van der Waals surface area contributed by atoms with Crippen LogP contribution in [0.5, 0.6) is 0 Å². The van der Waals surface area contributed by atoms with Crippen molar-refractivity contribution in [3.8, 4) is 0 Å². The molecule has 1 aliphatic carbocycles. The minimum Gasteiger partial charge on any atom is -0.353 e. The number of hydrogen-bond acceptors (Lipinski definition) is 5. The van der Waals surface area contributed by atoms with Gasteiger partial charge in [-0.1, -0.05) is 43.9 Å². The van der Waals surface area contributed by atoms with Gasteiger partial charge < -0.3 is 5.32 Å². The molecule has 0 spiro atoms. The van der Waals surface area contributed by atoms with E-state index in [2.05, 4.69) is 20.8 Å². The van der Waals surface area contributed by atoms with Gasteiger partial charge in [-0.2, -0.15) is 0 Å². The zero-order valence-electron chi connectivity index (χ0n) is 11.3. The number of carbonyl (C=O) groups excluding carboxylic acids is 1. The van der Waals surface area contributed by atoms with Crippen LogP contribution in [0.15, 0.2) is 5.16 Å². The standard InChI is InChI=1S/C12H21N5OS/c1-17-12(14-15-16-17)19-9-11(18)13-10-7-5-3-2-4-6-8-10/h10H,2-9H2,1H3,(H,13,18). The largest absolute Gasteiger partial charge is 0.353 e. The molecule has 1 heterocycles. The fourth-order valence-electron chi connectivity index (χ4n) is 2.34.